The first kappa shape index (κ1) is 13.2. The zero-order chi connectivity index (χ0) is 14.5. The number of hydrogen-bond donors (Lipinski definition) is 1. The van der Waals surface area contributed by atoms with Crippen LogP contribution in [-0.4, -0.2) is 16.9 Å². The minimum absolute atomic E-state index is 0.770. The Balaban J connectivity index is 1.68. The number of anilines is 1. The highest BCUT2D eigenvalue weighted by atomic mass is 16.5. The number of nitrogens with zero attached hydrogens (tertiary/aromatic N) is 2. The lowest BCUT2D eigenvalue weighted by molar-refractivity contribution is 0.414. The molecule has 0 atom stereocenters. The molecule has 0 aliphatic heterocycles. The molecule has 106 valence electrons. The molecule has 0 saturated carbocycles. The van der Waals surface area contributed by atoms with Gasteiger partial charge in [-0.15, -0.1) is 0 Å². The Labute approximate surface area is 124 Å². The molecule has 0 aliphatic carbocycles. The van der Waals surface area contributed by atoms with Crippen LogP contribution in [0.3, 0.4) is 0 Å². The smallest absolute Gasteiger partial charge is 0.118 e. The lowest BCUT2D eigenvalue weighted by atomic mass is 10.2. The van der Waals surface area contributed by atoms with Crippen LogP contribution < -0.4 is 10.1 Å². The average molecular weight is 279 g/mol. The summed E-state index contributed by atoms with van der Waals surface area (Å²) in [6.07, 6.45) is 3.71. The highest BCUT2D eigenvalue weighted by Gasteiger charge is 1.99. The number of methoxy groups -OCH3 is 1. The van der Waals surface area contributed by atoms with Gasteiger partial charge in [0.05, 0.1) is 12.8 Å². The van der Waals surface area contributed by atoms with Crippen molar-refractivity contribution in [3.63, 3.8) is 0 Å². The summed E-state index contributed by atoms with van der Waals surface area (Å²) >= 11 is 0. The Morgan fingerprint density at radius 2 is 1.95 bits per heavy atom. The van der Waals surface area contributed by atoms with Crippen LogP contribution >= 0.6 is 0 Å². The molecule has 4 nitrogen and oxygen atoms in total. The molecule has 1 aromatic heterocycles. The van der Waals surface area contributed by atoms with E-state index < -0.39 is 0 Å². The predicted molar refractivity (Wildman–Crippen MR) is 83.9 cm³/mol. The molecule has 0 amide bonds. The lowest BCUT2D eigenvalue weighted by Gasteiger charge is -2.09. The largest absolute Gasteiger partial charge is 0.497 e. The SMILES string of the molecule is COc1ccc(CNc2cccc(-n3cccn3)c2)cc1. The van der Waals surface area contributed by atoms with Crippen LogP contribution in [0.25, 0.3) is 5.69 Å². The maximum absolute atomic E-state index is 5.16. The standard InChI is InChI=1S/C17H17N3O/c1-21-17-8-6-14(7-9-17)13-18-15-4-2-5-16(12-15)20-11-3-10-19-20/h2-12,18H,13H2,1H3. The van der Waals surface area contributed by atoms with E-state index in [1.165, 1.54) is 5.56 Å². The van der Waals surface area contributed by atoms with Crippen molar-refractivity contribution in [1.82, 2.24) is 9.78 Å². The second-order valence-corrected chi connectivity index (χ2v) is 4.70. The van der Waals surface area contributed by atoms with Crippen LogP contribution in [-0.2, 0) is 6.54 Å². The molecule has 1 heterocycles. The fourth-order valence-electron chi connectivity index (χ4n) is 2.13. The van der Waals surface area contributed by atoms with Gasteiger partial charge >= 0.3 is 0 Å². The molecule has 2 aromatic carbocycles. The first-order valence-corrected chi connectivity index (χ1v) is 6.82. The maximum atomic E-state index is 5.16. The average Bonchev–Trinajstić information content (AvgIpc) is 3.08. The highest BCUT2D eigenvalue weighted by Crippen LogP contribution is 2.16. The van der Waals surface area contributed by atoms with Crippen molar-refractivity contribution in [2.75, 3.05) is 12.4 Å². The van der Waals surface area contributed by atoms with Crippen molar-refractivity contribution < 1.29 is 4.74 Å². The molecule has 1 N–H and O–H groups in total. The third-order valence-electron chi connectivity index (χ3n) is 3.27. The van der Waals surface area contributed by atoms with Crippen molar-refractivity contribution in [3.05, 3.63) is 72.6 Å². The fourth-order valence-corrected chi connectivity index (χ4v) is 2.13. The number of nitrogens with one attached hydrogen (secondary N) is 1. The Morgan fingerprint density at radius 3 is 2.67 bits per heavy atom. The van der Waals surface area contributed by atoms with Gasteiger partial charge in [-0.3, -0.25) is 0 Å². The molecule has 0 radical (unpaired) electrons. The second kappa shape index (κ2) is 6.13. The Hall–Kier alpha value is -2.75. The molecule has 4 heteroatoms. The van der Waals surface area contributed by atoms with Gasteiger partial charge in [0.25, 0.3) is 0 Å². The number of ether oxygens (including phenoxy) is 1. The van der Waals surface area contributed by atoms with E-state index in [4.69, 9.17) is 4.74 Å². The minimum Gasteiger partial charge on any atom is -0.497 e. The van der Waals surface area contributed by atoms with Crippen molar-refractivity contribution in [3.8, 4) is 11.4 Å². The molecule has 21 heavy (non-hydrogen) atoms. The van der Waals surface area contributed by atoms with Crippen LogP contribution in [0, 0.1) is 0 Å². The first-order chi connectivity index (χ1) is 10.3. The first-order valence-electron chi connectivity index (χ1n) is 6.82. The Morgan fingerprint density at radius 1 is 1.10 bits per heavy atom. The molecular weight excluding hydrogens is 262 g/mol. The van der Waals surface area contributed by atoms with Crippen molar-refractivity contribution in [1.29, 1.82) is 0 Å². The van der Waals surface area contributed by atoms with E-state index >= 15 is 0 Å². The molecule has 0 aliphatic rings. The van der Waals surface area contributed by atoms with Gasteiger partial charge in [-0.2, -0.15) is 5.10 Å². The van der Waals surface area contributed by atoms with Gasteiger partial charge in [-0.05, 0) is 42.0 Å². The number of benzene rings is 2. The van der Waals surface area contributed by atoms with E-state index in [1.807, 2.05) is 41.2 Å². The maximum Gasteiger partial charge on any atom is 0.118 e. The summed E-state index contributed by atoms with van der Waals surface area (Å²) in [6, 6.07) is 18.2. The van der Waals surface area contributed by atoms with E-state index in [-0.39, 0.29) is 0 Å². The van der Waals surface area contributed by atoms with Gasteiger partial charge in [-0.1, -0.05) is 18.2 Å². The van der Waals surface area contributed by atoms with Gasteiger partial charge in [0.1, 0.15) is 5.75 Å². The zero-order valence-electron chi connectivity index (χ0n) is 11.9. The molecule has 3 aromatic rings. The van der Waals surface area contributed by atoms with Crippen LogP contribution in [0.15, 0.2) is 67.0 Å². The highest BCUT2D eigenvalue weighted by molar-refractivity contribution is 5.51. The summed E-state index contributed by atoms with van der Waals surface area (Å²) in [5.41, 5.74) is 3.32. The fraction of sp³-hybridized carbons (Fsp3) is 0.118. The van der Waals surface area contributed by atoms with Crippen LogP contribution in [0.5, 0.6) is 5.75 Å². The van der Waals surface area contributed by atoms with Crippen LogP contribution in [0.1, 0.15) is 5.56 Å². The van der Waals surface area contributed by atoms with Gasteiger partial charge in [0, 0.05) is 24.6 Å². The molecular formula is C17H17N3O. The minimum atomic E-state index is 0.770. The van der Waals surface area contributed by atoms with Crippen LogP contribution in [0.4, 0.5) is 5.69 Å². The number of hydrogen-bond acceptors (Lipinski definition) is 3. The molecule has 0 saturated heterocycles. The molecule has 0 spiro atoms. The van der Waals surface area contributed by atoms with Gasteiger partial charge in [0.15, 0.2) is 0 Å². The predicted octanol–water partition coefficient (Wildman–Crippen LogP) is 3.49. The van der Waals surface area contributed by atoms with E-state index in [1.54, 1.807) is 13.3 Å². The summed E-state index contributed by atoms with van der Waals surface area (Å²) in [4.78, 5) is 0. The third kappa shape index (κ3) is 3.23. The quantitative estimate of drug-likeness (QED) is 0.777. The van der Waals surface area contributed by atoms with E-state index in [9.17, 15) is 0 Å². The summed E-state index contributed by atoms with van der Waals surface area (Å²) in [7, 11) is 1.67. The Kier molecular flexibility index (Phi) is 3.87. The second-order valence-electron chi connectivity index (χ2n) is 4.70. The summed E-state index contributed by atoms with van der Waals surface area (Å²) < 4.78 is 7.00. The Bertz CT molecular complexity index is 690. The third-order valence-corrected chi connectivity index (χ3v) is 3.27. The summed E-state index contributed by atoms with van der Waals surface area (Å²) in [5, 5.41) is 7.66. The van der Waals surface area contributed by atoms with Crippen molar-refractivity contribution in [2.24, 2.45) is 0 Å². The normalized spacial score (nSPS) is 10.3. The molecule has 0 unspecified atom stereocenters. The van der Waals surface area contributed by atoms with E-state index in [2.05, 4.69) is 34.7 Å². The van der Waals surface area contributed by atoms with Crippen molar-refractivity contribution >= 4 is 5.69 Å². The molecule has 3 rings (SSSR count). The van der Waals surface area contributed by atoms with E-state index in [0.29, 0.717) is 0 Å². The van der Waals surface area contributed by atoms with Gasteiger partial charge in [-0.25, -0.2) is 4.68 Å². The van der Waals surface area contributed by atoms with Crippen molar-refractivity contribution in [2.45, 2.75) is 6.54 Å². The van der Waals surface area contributed by atoms with Gasteiger partial charge in [0.2, 0.25) is 0 Å². The van der Waals surface area contributed by atoms with Gasteiger partial charge < -0.3 is 10.1 Å². The monoisotopic (exact) mass is 279 g/mol. The van der Waals surface area contributed by atoms with Crippen LogP contribution in [0.2, 0.25) is 0 Å². The lowest BCUT2D eigenvalue weighted by Crippen LogP contribution is -2.01. The number of aromatic nitrogens is 2. The molecule has 0 fully saturated rings. The topological polar surface area (TPSA) is 39.1 Å². The summed E-state index contributed by atoms with van der Waals surface area (Å²) in [5.74, 6) is 0.874. The number of rotatable bonds is 5. The summed E-state index contributed by atoms with van der Waals surface area (Å²) in [6.45, 7) is 0.770. The zero-order valence-corrected chi connectivity index (χ0v) is 11.9. The van der Waals surface area contributed by atoms with E-state index in [0.717, 1.165) is 23.7 Å². The molecule has 0 bridgehead atoms.